The molecule has 0 unspecified atom stereocenters. The third-order valence-electron chi connectivity index (χ3n) is 3.53. The monoisotopic (exact) mass is 328 g/mol. The van der Waals surface area contributed by atoms with Crippen LogP contribution in [0, 0.1) is 20.8 Å². The van der Waals surface area contributed by atoms with Gasteiger partial charge in [0, 0.05) is 30.5 Å². The zero-order chi connectivity index (χ0) is 17.5. The summed E-state index contributed by atoms with van der Waals surface area (Å²) in [7, 11) is 1.89. The van der Waals surface area contributed by atoms with Gasteiger partial charge < -0.3 is 16.0 Å². The van der Waals surface area contributed by atoms with Gasteiger partial charge in [-0.3, -0.25) is 5.32 Å². The zero-order valence-corrected chi connectivity index (χ0v) is 14.5. The van der Waals surface area contributed by atoms with Crippen molar-refractivity contribution in [1.82, 2.24) is 15.3 Å². The molecule has 2 amide bonds. The maximum Gasteiger partial charge on any atom is 0.326 e. The summed E-state index contributed by atoms with van der Waals surface area (Å²) in [5.41, 5.74) is 3.81. The number of anilines is 3. The Bertz CT molecular complexity index is 716. The third kappa shape index (κ3) is 5.20. The Kier molecular flexibility index (Phi) is 6.08. The van der Waals surface area contributed by atoms with Gasteiger partial charge >= 0.3 is 6.03 Å². The first-order valence-corrected chi connectivity index (χ1v) is 7.87. The molecule has 0 bridgehead atoms. The minimum Gasteiger partial charge on any atom is -0.369 e. The van der Waals surface area contributed by atoms with Crippen LogP contribution in [-0.4, -0.2) is 36.1 Å². The summed E-state index contributed by atoms with van der Waals surface area (Å²) in [5.74, 6) is 0.947. The summed E-state index contributed by atoms with van der Waals surface area (Å²) in [6.07, 6.45) is 0. The predicted molar refractivity (Wildman–Crippen MR) is 97.7 cm³/mol. The second-order valence-electron chi connectivity index (χ2n) is 5.63. The Hall–Kier alpha value is -2.67. The van der Waals surface area contributed by atoms with Gasteiger partial charge in [-0.25, -0.2) is 9.78 Å². The first-order chi connectivity index (χ1) is 11.5. The van der Waals surface area contributed by atoms with Crippen molar-refractivity contribution in [3.63, 3.8) is 0 Å². The van der Waals surface area contributed by atoms with Crippen molar-refractivity contribution in [1.29, 1.82) is 0 Å². The molecule has 0 radical (unpaired) electrons. The number of carbonyl (C=O) groups excluding carboxylic acids is 1. The van der Waals surface area contributed by atoms with Gasteiger partial charge in [-0.1, -0.05) is 6.07 Å². The zero-order valence-electron chi connectivity index (χ0n) is 14.5. The molecule has 1 aromatic carbocycles. The van der Waals surface area contributed by atoms with Gasteiger partial charge in [0.2, 0.25) is 5.95 Å². The van der Waals surface area contributed by atoms with Gasteiger partial charge in [0.25, 0.3) is 0 Å². The van der Waals surface area contributed by atoms with Crippen molar-refractivity contribution in [2.45, 2.75) is 20.8 Å². The smallest absolute Gasteiger partial charge is 0.326 e. The molecule has 2 aromatic rings. The van der Waals surface area contributed by atoms with E-state index in [2.05, 4.69) is 31.2 Å². The molecule has 0 spiro atoms. The normalized spacial score (nSPS) is 10.3. The van der Waals surface area contributed by atoms with E-state index in [0.29, 0.717) is 5.82 Å². The first kappa shape index (κ1) is 17.7. The van der Waals surface area contributed by atoms with Crippen molar-refractivity contribution in [2.75, 3.05) is 36.1 Å². The van der Waals surface area contributed by atoms with Gasteiger partial charge in [0.1, 0.15) is 5.82 Å². The highest BCUT2D eigenvalue weighted by Gasteiger charge is 2.07. The first-order valence-electron chi connectivity index (χ1n) is 7.87. The molecule has 0 aliphatic carbocycles. The summed E-state index contributed by atoms with van der Waals surface area (Å²) >= 11 is 0. The molecule has 7 nitrogen and oxygen atoms in total. The van der Waals surface area contributed by atoms with Gasteiger partial charge in [-0.15, -0.1) is 0 Å². The lowest BCUT2D eigenvalue weighted by atomic mass is 10.1. The second kappa shape index (κ2) is 8.26. The van der Waals surface area contributed by atoms with Crippen LogP contribution in [-0.2, 0) is 0 Å². The number of hydrogen-bond donors (Lipinski definition) is 4. The summed E-state index contributed by atoms with van der Waals surface area (Å²) in [6.45, 7) is 7.45. The minimum absolute atomic E-state index is 0.267. The molecule has 4 N–H and O–H groups in total. The number of amides is 2. The number of nitrogens with one attached hydrogen (secondary N) is 4. The Balaban J connectivity index is 2.01. The third-order valence-corrected chi connectivity index (χ3v) is 3.53. The highest BCUT2D eigenvalue weighted by molar-refractivity contribution is 5.98. The average molecular weight is 328 g/mol. The van der Waals surface area contributed by atoms with E-state index in [1.54, 1.807) is 0 Å². The summed E-state index contributed by atoms with van der Waals surface area (Å²) in [6, 6.07) is 7.23. The quantitative estimate of drug-likeness (QED) is 0.612. The fourth-order valence-corrected chi connectivity index (χ4v) is 2.11. The number of aromatic nitrogens is 2. The van der Waals surface area contributed by atoms with Crippen LogP contribution in [0.2, 0.25) is 0 Å². The van der Waals surface area contributed by atoms with Crippen LogP contribution in [0.25, 0.3) is 0 Å². The molecule has 0 saturated carbocycles. The van der Waals surface area contributed by atoms with E-state index in [9.17, 15) is 4.79 Å². The minimum atomic E-state index is -0.370. The fourth-order valence-electron chi connectivity index (χ4n) is 2.11. The molecule has 128 valence electrons. The Morgan fingerprint density at radius 3 is 2.50 bits per heavy atom. The molecule has 0 aliphatic rings. The van der Waals surface area contributed by atoms with E-state index in [0.717, 1.165) is 30.0 Å². The fraction of sp³-hybridized carbons (Fsp3) is 0.353. The lowest BCUT2D eigenvalue weighted by Crippen LogP contribution is -2.22. The number of benzene rings is 1. The van der Waals surface area contributed by atoms with Crippen LogP contribution in [0.3, 0.4) is 0 Å². The van der Waals surface area contributed by atoms with Crippen LogP contribution in [0.5, 0.6) is 0 Å². The van der Waals surface area contributed by atoms with Crippen LogP contribution >= 0.6 is 0 Å². The van der Waals surface area contributed by atoms with Crippen molar-refractivity contribution in [3.8, 4) is 0 Å². The maximum atomic E-state index is 12.1. The molecule has 0 aliphatic heterocycles. The van der Waals surface area contributed by atoms with E-state index < -0.39 is 0 Å². The molecule has 0 fully saturated rings. The molecule has 24 heavy (non-hydrogen) atoms. The molecule has 2 rings (SSSR count). The SMILES string of the molecule is CNCCNc1cc(C)nc(NC(=O)Nc2ccc(C)c(C)c2)n1. The van der Waals surface area contributed by atoms with Gasteiger partial charge in [-0.2, -0.15) is 4.98 Å². The van der Waals surface area contributed by atoms with Gasteiger partial charge in [-0.05, 0) is 51.1 Å². The van der Waals surface area contributed by atoms with Crippen LogP contribution in [0.1, 0.15) is 16.8 Å². The predicted octanol–water partition coefficient (Wildman–Crippen LogP) is 2.68. The van der Waals surface area contributed by atoms with Gasteiger partial charge in [0.15, 0.2) is 0 Å². The van der Waals surface area contributed by atoms with Crippen molar-refractivity contribution in [3.05, 3.63) is 41.1 Å². The van der Waals surface area contributed by atoms with E-state index in [4.69, 9.17) is 0 Å². The second-order valence-corrected chi connectivity index (χ2v) is 5.63. The van der Waals surface area contributed by atoms with E-state index >= 15 is 0 Å². The number of hydrogen-bond acceptors (Lipinski definition) is 5. The lowest BCUT2D eigenvalue weighted by molar-refractivity contribution is 0.262. The Morgan fingerprint density at radius 2 is 1.79 bits per heavy atom. The largest absolute Gasteiger partial charge is 0.369 e. The highest BCUT2D eigenvalue weighted by Crippen LogP contribution is 2.15. The molecular weight excluding hydrogens is 304 g/mol. The topological polar surface area (TPSA) is 91.0 Å². The van der Waals surface area contributed by atoms with Crippen molar-refractivity contribution in [2.24, 2.45) is 0 Å². The molecule has 0 atom stereocenters. The van der Waals surface area contributed by atoms with Crippen LogP contribution < -0.4 is 21.3 Å². The number of likely N-dealkylation sites (N-methyl/N-ethyl adjacent to an activating group) is 1. The molecule has 1 heterocycles. The Labute approximate surface area is 142 Å². The number of urea groups is 1. The number of nitrogens with zero attached hydrogens (tertiary/aromatic N) is 2. The molecular formula is C17H24N6O. The number of aryl methyl sites for hydroxylation is 3. The Morgan fingerprint density at radius 1 is 1.00 bits per heavy atom. The lowest BCUT2D eigenvalue weighted by Gasteiger charge is -2.11. The molecule has 1 aromatic heterocycles. The van der Waals surface area contributed by atoms with E-state index in [1.807, 2.05) is 52.1 Å². The molecule has 0 saturated heterocycles. The summed E-state index contributed by atoms with van der Waals surface area (Å²) in [5, 5.41) is 11.7. The van der Waals surface area contributed by atoms with Gasteiger partial charge in [0.05, 0.1) is 0 Å². The number of rotatable bonds is 6. The summed E-state index contributed by atoms with van der Waals surface area (Å²) in [4.78, 5) is 20.7. The van der Waals surface area contributed by atoms with E-state index in [-0.39, 0.29) is 12.0 Å². The van der Waals surface area contributed by atoms with Crippen molar-refractivity contribution < 1.29 is 4.79 Å². The van der Waals surface area contributed by atoms with Crippen molar-refractivity contribution >= 4 is 23.5 Å². The average Bonchev–Trinajstić information content (AvgIpc) is 2.50. The maximum absolute atomic E-state index is 12.1. The standard InChI is InChI=1S/C17H24N6O/c1-11-5-6-14(9-12(11)2)21-17(24)23-16-20-13(3)10-15(22-16)19-8-7-18-4/h5-6,9-10,18H,7-8H2,1-4H3,(H3,19,20,21,22,23,24). The highest BCUT2D eigenvalue weighted by atomic mass is 16.2. The number of carbonyl (C=O) groups is 1. The van der Waals surface area contributed by atoms with Crippen LogP contribution in [0.15, 0.2) is 24.3 Å². The van der Waals surface area contributed by atoms with Crippen LogP contribution in [0.4, 0.5) is 22.2 Å². The molecule has 7 heteroatoms. The van der Waals surface area contributed by atoms with E-state index in [1.165, 1.54) is 5.56 Å². The summed E-state index contributed by atoms with van der Waals surface area (Å²) < 4.78 is 0.